The van der Waals surface area contributed by atoms with Crippen molar-refractivity contribution in [2.75, 3.05) is 0 Å². The van der Waals surface area contributed by atoms with E-state index in [0.29, 0.717) is 5.56 Å². The second kappa shape index (κ2) is 8.67. The van der Waals surface area contributed by atoms with Crippen molar-refractivity contribution in [3.63, 3.8) is 0 Å². The molecule has 3 rings (SSSR count). The number of fused-ring (bicyclic) bond motifs is 1. The molecule has 3 atom stereocenters. The molecule has 0 aliphatic carbocycles. The molecule has 12 heteroatoms. The van der Waals surface area contributed by atoms with Crippen LogP contribution in [0.1, 0.15) is 19.4 Å². The molecule has 0 bridgehead atoms. The zero-order valence-corrected chi connectivity index (χ0v) is 19.3. The first kappa shape index (κ1) is 23.1. The molecule has 0 unspecified atom stereocenters. The van der Waals surface area contributed by atoms with E-state index in [1.165, 1.54) is 40.9 Å². The molecule has 0 aromatic heterocycles. The van der Waals surface area contributed by atoms with Gasteiger partial charge in [0.2, 0.25) is 5.91 Å². The second-order valence-corrected chi connectivity index (χ2v) is 8.47. The van der Waals surface area contributed by atoms with Gasteiger partial charge in [-0.2, -0.15) is 0 Å². The van der Waals surface area contributed by atoms with Crippen LogP contribution in [0.2, 0.25) is 0 Å². The predicted molar refractivity (Wildman–Crippen MR) is 91.3 cm³/mol. The number of hydrogen-bond acceptors (Lipinski definition) is 8. The first-order valence-electron chi connectivity index (χ1n) is 7.99. The molecule has 28 heavy (non-hydrogen) atoms. The zero-order chi connectivity index (χ0) is 19.9. The summed E-state index contributed by atoms with van der Waals surface area (Å²) in [5.41, 5.74) is 0.470. The first-order valence-corrected chi connectivity index (χ1v) is 8.87. The number of β-lactam (4-membered cyclic amide) rings is 1. The Morgan fingerprint density at radius 2 is 1.93 bits per heavy atom. The van der Waals surface area contributed by atoms with E-state index in [1.807, 2.05) is 0 Å². The summed E-state index contributed by atoms with van der Waals surface area (Å²) in [5.74, 6) is -1.83. The summed E-state index contributed by atoms with van der Waals surface area (Å²) in [7, 11) is 0. The maximum Gasteiger partial charge on any atom is 1.00 e. The van der Waals surface area contributed by atoms with Gasteiger partial charge in [0.1, 0.15) is 18.0 Å². The van der Waals surface area contributed by atoms with Crippen molar-refractivity contribution in [1.82, 2.24) is 10.2 Å². The molecule has 1 aromatic rings. The molecule has 2 fully saturated rings. The van der Waals surface area contributed by atoms with Crippen molar-refractivity contribution in [3.05, 3.63) is 39.9 Å². The Hall–Kier alpha value is -1.18. The SMILES string of the molecule is CC1(C)S[C@@H]2[C@H](NC(=O)OCc3ccc([N+](=O)[O-])cc3)C(=O)N2[C@H]1C(=O)[O-].[K+]. The van der Waals surface area contributed by atoms with Gasteiger partial charge in [0.05, 0.1) is 16.9 Å². The van der Waals surface area contributed by atoms with Gasteiger partial charge in [-0.3, -0.25) is 14.9 Å². The Morgan fingerprint density at radius 1 is 1.32 bits per heavy atom. The quantitative estimate of drug-likeness (QED) is 0.224. The molecule has 2 amide bonds. The van der Waals surface area contributed by atoms with Crippen LogP contribution in [-0.2, 0) is 20.9 Å². The number of amides is 2. The molecule has 0 saturated carbocycles. The van der Waals surface area contributed by atoms with E-state index in [-0.39, 0.29) is 63.7 Å². The number of ether oxygens (including phenoxy) is 1. The van der Waals surface area contributed by atoms with E-state index in [4.69, 9.17) is 4.74 Å². The molecular formula is C16H16KN3O7S. The number of non-ortho nitro benzene ring substituents is 1. The standard InChI is InChI=1S/C16H17N3O7S.K/c1-16(2)11(14(21)22)18-12(20)10(13(18)27-16)17-15(23)26-7-8-3-5-9(6-4-8)19(24)25;/h3-6,10-11,13H,7H2,1-2H3,(H,17,23)(H,21,22);/q;+1/p-1/t10-,11+,13-;/m1./s1. The number of carbonyl (C=O) groups excluding carboxylic acids is 3. The predicted octanol–water partition coefficient (Wildman–Crippen LogP) is -2.99. The molecule has 10 nitrogen and oxygen atoms in total. The minimum Gasteiger partial charge on any atom is -0.548 e. The molecule has 2 aliphatic heterocycles. The van der Waals surface area contributed by atoms with E-state index in [0.717, 1.165) is 0 Å². The number of benzene rings is 1. The number of carboxylic acids is 1. The number of nitrogens with one attached hydrogen (secondary N) is 1. The molecule has 2 heterocycles. The smallest absolute Gasteiger partial charge is 0.548 e. The number of carboxylic acid groups (broad SMARTS) is 1. The van der Waals surface area contributed by atoms with Crippen molar-refractivity contribution in [2.45, 2.75) is 42.7 Å². The molecule has 2 saturated heterocycles. The summed E-state index contributed by atoms with van der Waals surface area (Å²) >= 11 is 1.28. The fraction of sp³-hybridized carbons (Fsp3) is 0.438. The molecular weight excluding hydrogens is 417 g/mol. The van der Waals surface area contributed by atoms with Crippen LogP contribution >= 0.6 is 11.8 Å². The number of thioether (sulfide) groups is 1. The van der Waals surface area contributed by atoms with Crippen molar-refractivity contribution < 1.29 is 80.5 Å². The Morgan fingerprint density at radius 3 is 2.46 bits per heavy atom. The first-order chi connectivity index (χ1) is 12.6. The van der Waals surface area contributed by atoms with E-state index in [9.17, 15) is 29.6 Å². The molecule has 0 radical (unpaired) electrons. The van der Waals surface area contributed by atoms with Gasteiger partial charge in [0.15, 0.2) is 0 Å². The Bertz CT molecular complexity index is 817. The van der Waals surface area contributed by atoms with Crippen molar-refractivity contribution >= 4 is 35.4 Å². The topological polar surface area (TPSA) is 142 Å². The number of carbonyl (C=O) groups is 3. The third-order valence-corrected chi connectivity index (χ3v) is 6.03. The van der Waals surface area contributed by atoms with E-state index < -0.39 is 45.1 Å². The van der Waals surface area contributed by atoms with Gasteiger partial charge in [0.25, 0.3) is 5.69 Å². The van der Waals surface area contributed by atoms with Gasteiger partial charge in [-0.1, -0.05) is 0 Å². The Balaban J connectivity index is 0.00000280. The van der Waals surface area contributed by atoms with Crippen LogP contribution in [0.3, 0.4) is 0 Å². The number of nitrogens with zero attached hydrogens (tertiary/aromatic N) is 2. The van der Waals surface area contributed by atoms with Crippen LogP contribution in [0, 0.1) is 10.1 Å². The van der Waals surface area contributed by atoms with Gasteiger partial charge < -0.3 is 24.9 Å². The van der Waals surface area contributed by atoms with Crippen LogP contribution < -0.4 is 61.8 Å². The molecule has 0 spiro atoms. The summed E-state index contributed by atoms with van der Waals surface area (Å²) in [5, 5.41) is 23.9. The Labute approximate surface area is 206 Å². The number of alkyl carbamates (subject to hydrolysis) is 1. The maximum absolute atomic E-state index is 12.2. The summed E-state index contributed by atoms with van der Waals surface area (Å²) in [6.07, 6.45) is -0.832. The van der Waals surface area contributed by atoms with Crippen LogP contribution in [0.15, 0.2) is 24.3 Å². The van der Waals surface area contributed by atoms with Crippen molar-refractivity contribution in [3.8, 4) is 0 Å². The summed E-state index contributed by atoms with van der Waals surface area (Å²) in [6, 6.07) is 3.57. The molecule has 1 aromatic carbocycles. The van der Waals surface area contributed by atoms with Crippen LogP contribution in [0.4, 0.5) is 10.5 Å². The minimum atomic E-state index is -1.33. The largest absolute Gasteiger partial charge is 1.00 e. The van der Waals surface area contributed by atoms with Gasteiger partial charge in [-0.05, 0) is 31.5 Å². The third kappa shape index (κ3) is 4.36. The summed E-state index contributed by atoms with van der Waals surface area (Å²) in [6.45, 7) is 3.28. The van der Waals surface area contributed by atoms with Gasteiger partial charge >= 0.3 is 57.5 Å². The minimum absolute atomic E-state index is 0. The number of nitro groups is 1. The fourth-order valence-electron chi connectivity index (χ4n) is 3.16. The summed E-state index contributed by atoms with van der Waals surface area (Å²) < 4.78 is 4.29. The molecule has 1 N–H and O–H groups in total. The monoisotopic (exact) mass is 433 g/mol. The zero-order valence-electron chi connectivity index (χ0n) is 15.4. The van der Waals surface area contributed by atoms with E-state index in [1.54, 1.807) is 13.8 Å². The van der Waals surface area contributed by atoms with Crippen LogP contribution in [0.25, 0.3) is 0 Å². The molecule has 2 aliphatic rings. The number of hydrogen-bond donors (Lipinski definition) is 1. The van der Waals surface area contributed by atoms with Crippen molar-refractivity contribution in [1.29, 1.82) is 0 Å². The van der Waals surface area contributed by atoms with Gasteiger partial charge in [-0.15, -0.1) is 11.8 Å². The number of aliphatic carboxylic acids is 1. The average molecular weight is 433 g/mol. The van der Waals surface area contributed by atoms with E-state index in [2.05, 4.69) is 5.32 Å². The Kier molecular flexibility index (Phi) is 7.15. The van der Waals surface area contributed by atoms with Gasteiger partial charge in [0, 0.05) is 16.9 Å². The van der Waals surface area contributed by atoms with Crippen LogP contribution in [-0.4, -0.2) is 50.0 Å². The average Bonchev–Trinajstić information content (AvgIpc) is 2.86. The summed E-state index contributed by atoms with van der Waals surface area (Å²) in [4.78, 5) is 46.8. The van der Waals surface area contributed by atoms with Gasteiger partial charge in [-0.25, -0.2) is 4.79 Å². The maximum atomic E-state index is 12.2. The van der Waals surface area contributed by atoms with Crippen molar-refractivity contribution in [2.24, 2.45) is 0 Å². The van der Waals surface area contributed by atoms with E-state index >= 15 is 0 Å². The fourth-order valence-corrected chi connectivity index (χ4v) is 4.78. The number of rotatable bonds is 5. The molecule has 144 valence electrons. The third-order valence-electron chi connectivity index (χ3n) is 4.45. The van der Waals surface area contributed by atoms with Crippen LogP contribution in [0.5, 0.6) is 0 Å². The normalized spacial score (nSPS) is 24.4. The second-order valence-electron chi connectivity index (χ2n) is 6.70. The number of nitro benzene ring substituents is 1.